The standard InChI is InChI=1S/C10H14N2O3/c1-4-8(11)12-7-10(14-3)6-5-9(13-2)15-10/h1,5-6,9H,7H2,2-3H3,(H2,11,12). The van der Waals surface area contributed by atoms with Gasteiger partial charge in [0, 0.05) is 14.2 Å². The van der Waals surface area contributed by atoms with E-state index in [1.165, 1.54) is 7.11 Å². The highest BCUT2D eigenvalue weighted by Crippen LogP contribution is 2.24. The third-order valence-corrected chi connectivity index (χ3v) is 2.02. The molecule has 0 saturated heterocycles. The summed E-state index contributed by atoms with van der Waals surface area (Å²) in [7, 11) is 3.06. The maximum atomic E-state index is 5.46. The van der Waals surface area contributed by atoms with Gasteiger partial charge in [-0.1, -0.05) is 0 Å². The van der Waals surface area contributed by atoms with Gasteiger partial charge in [0.1, 0.15) is 6.54 Å². The van der Waals surface area contributed by atoms with Crippen LogP contribution in [-0.2, 0) is 14.2 Å². The molecular weight excluding hydrogens is 196 g/mol. The zero-order valence-corrected chi connectivity index (χ0v) is 8.77. The van der Waals surface area contributed by atoms with Crippen LogP contribution >= 0.6 is 0 Å². The van der Waals surface area contributed by atoms with Crippen LogP contribution in [0.4, 0.5) is 0 Å². The van der Waals surface area contributed by atoms with Gasteiger partial charge in [0.05, 0.1) is 0 Å². The predicted molar refractivity (Wildman–Crippen MR) is 56.1 cm³/mol. The van der Waals surface area contributed by atoms with Crippen LogP contribution in [0.5, 0.6) is 0 Å². The molecule has 1 heterocycles. The Morgan fingerprint density at radius 3 is 2.93 bits per heavy atom. The summed E-state index contributed by atoms with van der Waals surface area (Å²) in [5.74, 6) is 1.40. The molecule has 5 nitrogen and oxygen atoms in total. The van der Waals surface area contributed by atoms with Crippen molar-refractivity contribution in [3.05, 3.63) is 12.2 Å². The monoisotopic (exact) mass is 210 g/mol. The lowest BCUT2D eigenvalue weighted by Gasteiger charge is -2.24. The first-order valence-corrected chi connectivity index (χ1v) is 4.37. The van der Waals surface area contributed by atoms with E-state index in [1.807, 2.05) is 0 Å². The molecule has 1 aliphatic rings. The van der Waals surface area contributed by atoms with E-state index in [0.717, 1.165) is 0 Å². The van der Waals surface area contributed by atoms with Gasteiger partial charge < -0.3 is 19.9 Å². The van der Waals surface area contributed by atoms with Crippen molar-refractivity contribution in [3.63, 3.8) is 0 Å². The van der Waals surface area contributed by atoms with E-state index in [1.54, 1.807) is 19.3 Å². The Hall–Kier alpha value is -1.35. The number of aliphatic imine (C=N–C) groups is 1. The third-order valence-electron chi connectivity index (χ3n) is 2.02. The summed E-state index contributed by atoms with van der Waals surface area (Å²) < 4.78 is 15.7. The van der Waals surface area contributed by atoms with Gasteiger partial charge >= 0.3 is 0 Å². The highest BCUT2D eigenvalue weighted by Gasteiger charge is 2.35. The summed E-state index contributed by atoms with van der Waals surface area (Å²) in [6.07, 6.45) is 8.11. The van der Waals surface area contributed by atoms with Gasteiger partial charge in [0.25, 0.3) is 0 Å². The van der Waals surface area contributed by atoms with Crippen molar-refractivity contribution in [2.45, 2.75) is 12.1 Å². The van der Waals surface area contributed by atoms with E-state index < -0.39 is 12.1 Å². The molecule has 0 aromatic heterocycles. The van der Waals surface area contributed by atoms with Gasteiger partial charge in [-0.3, -0.25) is 4.99 Å². The average Bonchev–Trinajstić information content (AvgIpc) is 2.70. The number of amidine groups is 1. The second-order valence-electron chi connectivity index (χ2n) is 2.94. The van der Waals surface area contributed by atoms with Gasteiger partial charge in [-0.25, -0.2) is 0 Å². The number of ether oxygens (including phenoxy) is 3. The highest BCUT2D eigenvalue weighted by atomic mass is 16.8. The van der Waals surface area contributed by atoms with Gasteiger partial charge in [0.2, 0.25) is 5.79 Å². The molecule has 0 radical (unpaired) electrons. The van der Waals surface area contributed by atoms with Crippen LogP contribution in [0.1, 0.15) is 0 Å². The fourth-order valence-electron chi connectivity index (χ4n) is 1.14. The van der Waals surface area contributed by atoms with E-state index in [4.69, 9.17) is 26.4 Å². The van der Waals surface area contributed by atoms with Crippen molar-refractivity contribution < 1.29 is 14.2 Å². The van der Waals surface area contributed by atoms with Crippen molar-refractivity contribution in [3.8, 4) is 12.3 Å². The highest BCUT2D eigenvalue weighted by molar-refractivity contribution is 5.96. The molecule has 15 heavy (non-hydrogen) atoms. The fourth-order valence-corrected chi connectivity index (χ4v) is 1.14. The number of hydrogen-bond donors (Lipinski definition) is 1. The first-order valence-electron chi connectivity index (χ1n) is 4.37. The van der Waals surface area contributed by atoms with Gasteiger partial charge in [-0.05, 0) is 18.1 Å². The summed E-state index contributed by atoms with van der Waals surface area (Å²) in [6.45, 7) is 0.204. The minimum Gasteiger partial charge on any atom is -0.377 e. The van der Waals surface area contributed by atoms with Gasteiger partial charge in [0.15, 0.2) is 12.1 Å². The maximum Gasteiger partial charge on any atom is 0.210 e. The largest absolute Gasteiger partial charge is 0.377 e. The maximum absolute atomic E-state index is 5.46. The quantitative estimate of drug-likeness (QED) is 0.304. The zero-order valence-electron chi connectivity index (χ0n) is 8.77. The summed E-state index contributed by atoms with van der Waals surface area (Å²) in [5, 5.41) is 0. The molecule has 0 bridgehead atoms. The first-order chi connectivity index (χ1) is 7.15. The second kappa shape index (κ2) is 4.94. The lowest BCUT2D eigenvalue weighted by Crippen LogP contribution is -2.36. The molecule has 0 spiro atoms. The van der Waals surface area contributed by atoms with Crippen LogP contribution in [-0.4, -0.2) is 38.7 Å². The van der Waals surface area contributed by atoms with E-state index in [9.17, 15) is 0 Å². The molecule has 82 valence electrons. The van der Waals surface area contributed by atoms with E-state index in [-0.39, 0.29) is 12.4 Å². The van der Waals surface area contributed by atoms with Crippen molar-refractivity contribution in [2.75, 3.05) is 20.8 Å². The number of hydrogen-bond acceptors (Lipinski definition) is 4. The molecule has 0 aromatic rings. The fraction of sp³-hybridized carbons (Fsp3) is 0.500. The first kappa shape index (κ1) is 11.7. The summed E-state index contributed by atoms with van der Waals surface area (Å²) in [6, 6.07) is 0. The smallest absolute Gasteiger partial charge is 0.210 e. The Morgan fingerprint density at radius 2 is 2.47 bits per heavy atom. The topological polar surface area (TPSA) is 66.1 Å². The molecule has 2 N–H and O–H groups in total. The Morgan fingerprint density at radius 1 is 1.73 bits per heavy atom. The number of terminal acetylenes is 1. The molecule has 5 heteroatoms. The van der Waals surface area contributed by atoms with Gasteiger partial charge in [-0.2, -0.15) is 0 Å². The van der Waals surface area contributed by atoms with Crippen molar-refractivity contribution in [2.24, 2.45) is 10.7 Å². The SMILES string of the molecule is C#CC(N)=NCC1(OC)C=CC(OC)O1. The molecule has 2 unspecified atom stereocenters. The van der Waals surface area contributed by atoms with E-state index >= 15 is 0 Å². The van der Waals surface area contributed by atoms with Crippen LogP contribution in [0.25, 0.3) is 0 Å². The average molecular weight is 210 g/mol. The van der Waals surface area contributed by atoms with Crippen LogP contribution in [0, 0.1) is 12.3 Å². The molecule has 2 atom stereocenters. The minimum absolute atomic E-state index is 0.115. The molecule has 0 saturated carbocycles. The number of rotatable bonds is 4. The summed E-state index contributed by atoms with van der Waals surface area (Å²) in [5.41, 5.74) is 5.38. The van der Waals surface area contributed by atoms with Crippen molar-refractivity contribution in [1.29, 1.82) is 0 Å². The molecule has 1 rings (SSSR count). The van der Waals surface area contributed by atoms with Crippen LogP contribution < -0.4 is 5.73 Å². The molecule has 0 amide bonds. The third kappa shape index (κ3) is 2.80. The lowest BCUT2D eigenvalue weighted by atomic mass is 10.3. The van der Waals surface area contributed by atoms with Crippen LogP contribution in [0.3, 0.4) is 0 Å². The molecule has 0 aromatic carbocycles. The number of nitrogens with two attached hydrogens (primary N) is 1. The Labute approximate surface area is 88.9 Å². The molecule has 1 aliphatic heterocycles. The van der Waals surface area contributed by atoms with Gasteiger partial charge in [-0.15, -0.1) is 6.42 Å². The number of nitrogens with zero attached hydrogens (tertiary/aromatic N) is 1. The molecular formula is C10H14N2O3. The zero-order chi connectivity index (χ0) is 11.3. The Bertz CT molecular complexity index is 319. The number of methoxy groups -OCH3 is 2. The molecule has 0 aliphatic carbocycles. The van der Waals surface area contributed by atoms with Crippen molar-refractivity contribution in [1.82, 2.24) is 0 Å². The van der Waals surface area contributed by atoms with Crippen LogP contribution in [0.2, 0.25) is 0 Å². The minimum atomic E-state index is -0.928. The Balaban J connectivity index is 2.66. The Kier molecular flexibility index (Phi) is 3.86. The normalized spacial score (nSPS) is 30.5. The summed E-state index contributed by atoms with van der Waals surface area (Å²) >= 11 is 0. The van der Waals surface area contributed by atoms with Crippen molar-refractivity contribution >= 4 is 5.84 Å². The summed E-state index contributed by atoms with van der Waals surface area (Å²) in [4.78, 5) is 3.94. The predicted octanol–water partition coefficient (Wildman–Crippen LogP) is -0.122. The molecule has 0 fully saturated rings. The van der Waals surface area contributed by atoms with E-state index in [2.05, 4.69) is 10.9 Å². The second-order valence-corrected chi connectivity index (χ2v) is 2.94. The van der Waals surface area contributed by atoms with Crippen LogP contribution in [0.15, 0.2) is 17.1 Å². The van der Waals surface area contributed by atoms with E-state index in [0.29, 0.717) is 0 Å². The lowest BCUT2D eigenvalue weighted by molar-refractivity contribution is -0.236.